The molecule has 0 saturated carbocycles. The summed E-state index contributed by atoms with van der Waals surface area (Å²) >= 11 is 0.337. The third-order valence-corrected chi connectivity index (χ3v) is 3.65. The fraction of sp³-hybridized carbons (Fsp3) is 0.0714. The molecule has 0 fully saturated rings. The Hall–Kier alpha value is -3.08. The Balaban J connectivity index is 2.22. The van der Waals surface area contributed by atoms with E-state index in [1.54, 1.807) is 0 Å². The third-order valence-electron chi connectivity index (χ3n) is 2.92. The van der Waals surface area contributed by atoms with Crippen molar-refractivity contribution in [2.75, 3.05) is 5.32 Å². The summed E-state index contributed by atoms with van der Waals surface area (Å²) in [5.41, 5.74) is -1.21. The Labute approximate surface area is 143 Å². The van der Waals surface area contributed by atoms with E-state index in [-0.39, 0.29) is 11.3 Å². The van der Waals surface area contributed by atoms with E-state index in [2.05, 4.69) is 5.32 Å². The molecule has 2 aromatic rings. The Bertz CT molecular complexity index is 797. The average Bonchev–Trinajstić information content (AvgIpc) is 2.55. The van der Waals surface area contributed by atoms with E-state index in [4.69, 9.17) is 0 Å². The molecule has 0 aliphatic carbocycles. The van der Waals surface area contributed by atoms with Crippen LogP contribution >= 0.6 is 11.8 Å². The average molecular weight is 369 g/mol. The maximum absolute atomic E-state index is 12.2. The number of anilines is 1. The number of alkyl halides is 2. The van der Waals surface area contributed by atoms with Crippen LogP contribution in [0.4, 0.5) is 25.8 Å². The van der Waals surface area contributed by atoms with Crippen LogP contribution in [0.3, 0.4) is 0 Å². The molecule has 0 saturated heterocycles. The number of nitro groups is 2. The molecule has 0 spiro atoms. The van der Waals surface area contributed by atoms with Crippen LogP contribution in [-0.4, -0.2) is 21.5 Å². The first kappa shape index (κ1) is 18.3. The van der Waals surface area contributed by atoms with E-state index in [0.717, 1.165) is 18.2 Å². The van der Waals surface area contributed by atoms with Crippen molar-refractivity contribution in [3.8, 4) is 0 Å². The normalized spacial score (nSPS) is 10.5. The zero-order chi connectivity index (χ0) is 18.6. The molecule has 1 N–H and O–H groups in total. The molecular weight excluding hydrogens is 360 g/mol. The number of benzene rings is 2. The number of nitrogens with zero attached hydrogens (tertiary/aromatic N) is 2. The lowest BCUT2D eigenvalue weighted by Gasteiger charge is -2.06. The van der Waals surface area contributed by atoms with Crippen molar-refractivity contribution in [2.45, 2.75) is 10.7 Å². The summed E-state index contributed by atoms with van der Waals surface area (Å²) in [6.45, 7) is 0. The zero-order valence-corrected chi connectivity index (χ0v) is 13.0. The van der Waals surface area contributed by atoms with Crippen molar-refractivity contribution >= 4 is 34.7 Å². The third kappa shape index (κ3) is 4.94. The molecule has 11 heteroatoms. The highest BCUT2D eigenvalue weighted by Crippen LogP contribution is 2.27. The lowest BCUT2D eigenvalue weighted by atomic mass is 10.1. The number of carbonyl (C=O) groups is 1. The number of carbonyl (C=O) groups excluding carboxylic acids is 1. The van der Waals surface area contributed by atoms with E-state index >= 15 is 0 Å². The predicted molar refractivity (Wildman–Crippen MR) is 86.0 cm³/mol. The van der Waals surface area contributed by atoms with Gasteiger partial charge < -0.3 is 5.32 Å². The minimum Gasteiger partial charge on any atom is -0.322 e. The number of amides is 1. The van der Waals surface area contributed by atoms with Gasteiger partial charge in [0.2, 0.25) is 0 Å². The van der Waals surface area contributed by atoms with Crippen LogP contribution in [-0.2, 0) is 0 Å². The molecule has 8 nitrogen and oxygen atoms in total. The number of non-ortho nitro benzene ring substituents is 2. The first-order valence-electron chi connectivity index (χ1n) is 6.56. The van der Waals surface area contributed by atoms with Gasteiger partial charge in [-0.15, -0.1) is 0 Å². The number of nitro benzene ring substituents is 2. The molecule has 25 heavy (non-hydrogen) atoms. The molecule has 0 unspecified atom stereocenters. The Morgan fingerprint density at radius 1 is 1.00 bits per heavy atom. The summed E-state index contributed by atoms with van der Waals surface area (Å²) < 4.78 is 24.5. The number of nitrogens with one attached hydrogen (secondary N) is 1. The summed E-state index contributed by atoms with van der Waals surface area (Å²) in [4.78, 5) is 32.4. The summed E-state index contributed by atoms with van der Waals surface area (Å²) in [7, 11) is 0. The molecule has 130 valence electrons. The van der Waals surface area contributed by atoms with Crippen LogP contribution in [0.15, 0.2) is 47.4 Å². The number of rotatable bonds is 6. The largest absolute Gasteiger partial charge is 0.322 e. The topological polar surface area (TPSA) is 115 Å². The van der Waals surface area contributed by atoms with Crippen LogP contribution in [0.5, 0.6) is 0 Å². The lowest BCUT2D eigenvalue weighted by molar-refractivity contribution is -0.394. The molecule has 2 aromatic carbocycles. The number of hydrogen-bond acceptors (Lipinski definition) is 6. The van der Waals surface area contributed by atoms with Crippen LogP contribution in [0, 0.1) is 20.2 Å². The van der Waals surface area contributed by atoms with Gasteiger partial charge in [-0.25, -0.2) is 0 Å². The van der Waals surface area contributed by atoms with Gasteiger partial charge in [-0.3, -0.25) is 25.0 Å². The molecule has 1 amide bonds. The molecule has 0 heterocycles. The van der Waals surface area contributed by atoms with Crippen LogP contribution < -0.4 is 5.32 Å². The highest BCUT2D eigenvalue weighted by molar-refractivity contribution is 7.99. The summed E-state index contributed by atoms with van der Waals surface area (Å²) in [6.07, 6.45) is 0. The Morgan fingerprint density at radius 2 is 1.52 bits per heavy atom. The van der Waals surface area contributed by atoms with E-state index in [9.17, 15) is 33.8 Å². The highest BCUT2D eigenvalue weighted by Gasteiger charge is 2.20. The second kappa shape index (κ2) is 7.66. The van der Waals surface area contributed by atoms with E-state index in [0.29, 0.717) is 16.7 Å². The maximum atomic E-state index is 12.2. The first-order chi connectivity index (χ1) is 11.8. The number of hydrogen-bond donors (Lipinski definition) is 1. The van der Waals surface area contributed by atoms with Crippen LogP contribution in [0.1, 0.15) is 10.4 Å². The van der Waals surface area contributed by atoms with E-state index in [1.165, 1.54) is 24.3 Å². The van der Waals surface area contributed by atoms with Gasteiger partial charge >= 0.3 is 0 Å². The molecular formula is C14H9F2N3O5S. The van der Waals surface area contributed by atoms with Gasteiger partial charge in [0.25, 0.3) is 23.0 Å². The van der Waals surface area contributed by atoms with Gasteiger partial charge in [-0.1, -0.05) is 11.8 Å². The van der Waals surface area contributed by atoms with Gasteiger partial charge in [0.15, 0.2) is 0 Å². The lowest BCUT2D eigenvalue weighted by Crippen LogP contribution is -2.12. The van der Waals surface area contributed by atoms with E-state index in [1.807, 2.05) is 0 Å². The predicted octanol–water partition coefficient (Wildman–Crippen LogP) is 4.07. The van der Waals surface area contributed by atoms with Crippen molar-refractivity contribution in [1.82, 2.24) is 0 Å². The maximum Gasteiger partial charge on any atom is 0.288 e. The number of halogens is 2. The quantitative estimate of drug-likeness (QED) is 0.466. The number of thioether (sulfide) groups is 1. The highest BCUT2D eigenvalue weighted by atomic mass is 32.2. The summed E-state index contributed by atoms with van der Waals surface area (Å²) in [5, 5.41) is 24.0. The Morgan fingerprint density at radius 3 is 1.96 bits per heavy atom. The SMILES string of the molecule is O=C(Nc1ccc(SC(F)F)cc1)c1cc([N+](=O)[O-])cc([N+](=O)[O-])c1. The second-order valence-corrected chi connectivity index (χ2v) is 5.67. The zero-order valence-electron chi connectivity index (χ0n) is 12.2. The van der Waals surface area contributed by atoms with Crippen molar-refractivity contribution in [1.29, 1.82) is 0 Å². The second-order valence-electron chi connectivity index (χ2n) is 4.61. The smallest absolute Gasteiger partial charge is 0.288 e. The van der Waals surface area contributed by atoms with Gasteiger partial charge in [-0.2, -0.15) is 8.78 Å². The fourth-order valence-corrected chi connectivity index (χ4v) is 2.36. The molecule has 0 aliphatic heterocycles. The standard InChI is InChI=1S/C14H9F2N3O5S/c15-14(16)25-12-3-1-9(2-4-12)17-13(20)8-5-10(18(21)22)7-11(6-8)19(23)24/h1-7,14H,(H,17,20). The van der Waals surface area contributed by atoms with Crippen LogP contribution in [0.2, 0.25) is 0 Å². The van der Waals surface area contributed by atoms with Crippen molar-refractivity contribution < 1.29 is 23.4 Å². The first-order valence-corrected chi connectivity index (χ1v) is 7.44. The van der Waals surface area contributed by atoms with E-state index < -0.39 is 32.9 Å². The molecule has 0 aromatic heterocycles. The van der Waals surface area contributed by atoms with Crippen molar-refractivity contribution in [2.24, 2.45) is 0 Å². The molecule has 0 radical (unpaired) electrons. The van der Waals surface area contributed by atoms with Crippen LogP contribution in [0.25, 0.3) is 0 Å². The van der Waals surface area contributed by atoms with Crippen molar-refractivity contribution in [3.05, 3.63) is 68.3 Å². The minimum atomic E-state index is -2.58. The van der Waals surface area contributed by atoms with Gasteiger partial charge in [0.05, 0.1) is 21.5 Å². The molecule has 0 atom stereocenters. The van der Waals surface area contributed by atoms with Gasteiger partial charge in [-0.05, 0) is 24.3 Å². The minimum absolute atomic E-state index is 0.248. The monoisotopic (exact) mass is 369 g/mol. The fourth-order valence-electron chi connectivity index (χ4n) is 1.86. The molecule has 0 aliphatic rings. The van der Waals surface area contributed by atoms with Crippen molar-refractivity contribution in [3.63, 3.8) is 0 Å². The van der Waals surface area contributed by atoms with Gasteiger partial charge in [0, 0.05) is 22.7 Å². The summed E-state index contributed by atoms with van der Waals surface area (Å²) in [6, 6.07) is 8.02. The van der Waals surface area contributed by atoms with Gasteiger partial charge in [0.1, 0.15) is 0 Å². The Kier molecular flexibility index (Phi) is 5.60. The molecule has 2 rings (SSSR count). The molecule has 0 bridgehead atoms. The summed E-state index contributed by atoms with van der Waals surface area (Å²) in [5.74, 6) is -3.38.